The van der Waals surface area contributed by atoms with Gasteiger partial charge >= 0.3 is 0 Å². The van der Waals surface area contributed by atoms with E-state index in [4.69, 9.17) is 4.74 Å². The Kier molecular flexibility index (Phi) is 4.44. The second-order valence-corrected chi connectivity index (χ2v) is 4.53. The number of amides is 1. The normalized spacial score (nSPS) is 14.1. The van der Waals surface area contributed by atoms with Crippen LogP contribution < -0.4 is 4.90 Å². The molecule has 1 aliphatic heterocycles. The number of ketones is 1. The molecule has 6 heteroatoms. The number of rotatable bonds is 6. The average molecular weight is 283 g/mol. The molecule has 20 heavy (non-hydrogen) atoms. The molecule has 1 amide bonds. The predicted molar refractivity (Wildman–Crippen MR) is 68.8 cm³/mol. The maximum atomic E-state index is 13.6. The highest BCUT2D eigenvalue weighted by Crippen LogP contribution is 2.31. The summed E-state index contributed by atoms with van der Waals surface area (Å²) in [6.07, 6.45) is 1.88. The van der Waals surface area contributed by atoms with Gasteiger partial charge in [0, 0.05) is 19.2 Å². The van der Waals surface area contributed by atoms with Crippen molar-refractivity contribution in [2.75, 3.05) is 24.7 Å². The number of hydrogen-bond donors (Lipinski definition) is 0. The van der Waals surface area contributed by atoms with Crippen molar-refractivity contribution in [3.8, 4) is 0 Å². The molecule has 0 saturated carbocycles. The van der Waals surface area contributed by atoms with Crippen molar-refractivity contribution in [3.05, 3.63) is 29.3 Å². The quantitative estimate of drug-likeness (QED) is 0.594. The van der Waals surface area contributed by atoms with Crippen LogP contribution in [0.3, 0.4) is 0 Å². The fraction of sp³-hybridized carbons (Fsp3) is 0.429. The van der Waals surface area contributed by atoms with Crippen molar-refractivity contribution < 1.29 is 23.1 Å². The zero-order valence-electron chi connectivity index (χ0n) is 11.1. The Hall–Kier alpha value is -1.82. The fourth-order valence-corrected chi connectivity index (χ4v) is 2.06. The van der Waals surface area contributed by atoms with Gasteiger partial charge in [-0.2, -0.15) is 0 Å². The second-order valence-electron chi connectivity index (χ2n) is 4.53. The first-order chi connectivity index (χ1) is 9.56. The van der Waals surface area contributed by atoms with Crippen LogP contribution in [0.5, 0.6) is 0 Å². The Balaban J connectivity index is 2.12. The lowest BCUT2D eigenvalue weighted by Gasteiger charge is -2.16. The number of fused-ring (bicyclic) bond motifs is 1. The summed E-state index contributed by atoms with van der Waals surface area (Å²) < 4.78 is 32.1. The monoisotopic (exact) mass is 283 g/mol. The van der Waals surface area contributed by atoms with Crippen molar-refractivity contribution >= 4 is 17.4 Å². The minimum Gasteiger partial charge on any atom is -0.380 e. The fourth-order valence-electron chi connectivity index (χ4n) is 2.06. The van der Waals surface area contributed by atoms with Crippen molar-refractivity contribution in [1.29, 1.82) is 0 Å². The molecule has 4 nitrogen and oxygen atoms in total. The largest absolute Gasteiger partial charge is 0.380 e. The van der Waals surface area contributed by atoms with Gasteiger partial charge in [-0.3, -0.25) is 9.59 Å². The summed E-state index contributed by atoms with van der Waals surface area (Å²) in [6.45, 7) is 2.89. The number of unbranched alkanes of at least 4 members (excludes halogenated alkanes) is 1. The lowest BCUT2D eigenvalue weighted by Crippen LogP contribution is -2.33. The molecule has 108 valence electrons. The van der Waals surface area contributed by atoms with Crippen molar-refractivity contribution in [1.82, 2.24) is 0 Å². The number of carbonyl (C=O) groups is 2. The number of ether oxygens (including phenoxy) is 1. The van der Waals surface area contributed by atoms with E-state index in [0.29, 0.717) is 12.7 Å². The Labute approximate surface area is 115 Å². The third kappa shape index (κ3) is 2.70. The third-order valence-corrected chi connectivity index (χ3v) is 3.09. The zero-order chi connectivity index (χ0) is 14.7. The van der Waals surface area contributed by atoms with E-state index in [-0.39, 0.29) is 24.4 Å². The standard InChI is InChI=1S/C14H15F2NO3/c1-2-3-5-20-6-4-17-11-8-9(15)7-10(16)12(11)13(18)14(17)19/h7-8H,2-6H2,1H3. The van der Waals surface area contributed by atoms with E-state index >= 15 is 0 Å². The summed E-state index contributed by atoms with van der Waals surface area (Å²) in [7, 11) is 0. The third-order valence-electron chi connectivity index (χ3n) is 3.09. The molecular weight excluding hydrogens is 268 g/mol. The van der Waals surface area contributed by atoms with Crippen molar-refractivity contribution in [2.24, 2.45) is 0 Å². The van der Waals surface area contributed by atoms with Crippen LogP contribution in [-0.2, 0) is 9.53 Å². The molecule has 0 fully saturated rings. The molecule has 0 N–H and O–H groups in total. The summed E-state index contributed by atoms with van der Waals surface area (Å²) in [5, 5.41) is 0. The SMILES string of the molecule is CCCCOCCN1C(=O)C(=O)c2c(F)cc(F)cc21. The average Bonchev–Trinajstić information content (AvgIpc) is 2.63. The van der Waals surface area contributed by atoms with Gasteiger partial charge in [0.25, 0.3) is 11.7 Å². The summed E-state index contributed by atoms with van der Waals surface area (Å²) >= 11 is 0. The Morgan fingerprint density at radius 1 is 1.20 bits per heavy atom. The topological polar surface area (TPSA) is 46.6 Å². The molecule has 2 rings (SSSR count). The summed E-state index contributed by atoms with van der Waals surface area (Å²) in [4.78, 5) is 24.5. The van der Waals surface area contributed by atoms with Gasteiger partial charge in [0.2, 0.25) is 0 Å². The minimum absolute atomic E-state index is 0.0170. The van der Waals surface area contributed by atoms with E-state index in [1.165, 1.54) is 0 Å². The van der Waals surface area contributed by atoms with Crippen LogP contribution in [0.4, 0.5) is 14.5 Å². The maximum Gasteiger partial charge on any atom is 0.299 e. The molecule has 0 bridgehead atoms. The van der Waals surface area contributed by atoms with E-state index in [0.717, 1.165) is 23.8 Å². The van der Waals surface area contributed by atoms with Crippen LogP contribution in [0.15, 0.2) is 12.1 Å². The first kappa shape index (κ1) is 14.6. The van der Waals surface area contributed by atoms with Gasteiger partial charge in [0.1, 0.15) is 11.6 Å². The molecule has 0 spiro atoms. The Morgan fingerprint density at radius 3 is 2.65 bits per heavy atom. The number of halogens is 2. The van der Waals surface area contributed by atoms with Crippen LogP contribution >= 0.6 is 0 Å². The number of benzene rings is 1. The number of nitrogens with zero attached hydrogens (tertiary/aromatic N) is 1. The molecule has 0 aliphatic carbocycles. The zero-order valence-corrected chi connectivity index (χ0v) is 11.1. The molecule has 0 radical (unpaired) electrons. The molecule has 0 unspecified atom stereocenters. The molecule has 0 saturated heterocycles. The molecule has 0 aromatic heterocycles. The van der Waals surface area contributed by atoms with Gasteiger partial charge in [0.05, 0.1) is 17.9 Å². The van der Waals surface area contributed by atoms with Crippen LogP contribution in [-0.4, -0.2) is 31.4 Å². The number of anilines is 1. The van der Waals surface area contributed by atoms with E-state index < -0.39 is 23.3 Å². The first-order valence-electron chi connectivity index (χ1n) is 6.49. The van der Waals surface area contributed by atoms with E-state index in [1.807, 2.05) is 6.92 Å². The Bertz CT molecular complexity index is 545. The summed E-state index contributed by atoms with van der Waals surface area (Å²) in [5.41, 5.74) is -0.374. The molecular formula is C14H15F2NO3. The van der Waals surface area contributed by atoms with Gasteiger partial charge in [-0.1, -0.05) is 13.3 Å². The number of carbonyl (C=O) groups excluding carboxylic acids is 2. The van der Waals surface area contributed by atoms with Crippen molar-refractivity contribution in [3.63, 3.8) is 0 Å². The van der Waals surface area contributed by atoms with Crippen LogP contribution in [0.25, 0.3) is 0 Å². The maximum absolute atomic E-state index is 13.6. The predicted octanol–water partition coefficient (Wildman–Crippen LogP) is 2.31. The number of Topliss-reactive ketones (excluding diaryl/α,β-unsaturated/α-hetero) is 1. The summed E-state index contributed by atoms with van der Waals surface area (Å²) in [6, 6.07) is 1.60. The van der Waals surface area contributed by atoms with Gasteiger partial charge in [0.15, 0.2) is 0 Å². The number of hydrogen-bond acceptors (Lipinski definition) is 3. The lowest BCUT2D eigenvalue weighted by molar-refractivity contribution is -0.114. The van der Waals surface area contributed by atoms with Crippen LogP contribution in [0.1, 0.15) is 30.1 Å². The molecule has 0 atom stereocenters. The van der Waals surface area contributed by atoms with E-state index in [1.54, 1.807) is 0 Å². The van der Waals surface area contributed by atoms with E-state index in [2.05, 4.69) is 0 Å². The molecule has 1 heterocycles. The molecule has 1 aromatic rings. The molecule has 1 aliphatic rings. The second kappa shape index (κ2) is 6.09. The minimum atomic E-state index is -1.01. The van der Waals surface area contributed by atoms with Gasteiger partial charge in [-0.05, 0) is 12.5 Å². The van der Waals surface area contributed by atoms with E-state index in [9.17, 15) is 18.4 Å². The highest BCUT2D eigenvalue weighted by atomic mass is 19.1. The van der Waals surface area contributed by atoms with Gasteiger partial charge in [-0.25, -0.2) is 8.78 Å². The van der Waals surface area contributed by atoms with Crippen LogP contribution in [0.2, 0.25) is 0 Å². The smallest absolute Gasteiger partial charge is 0.299 e. The summed E-state index contributed by atoms with van der Waals surface area (Å²) in [5.74, 6) is -3.61. The Morgan fingerprint density at radius 2 is 1.95 bits per heavy atom. The molecule has 1 aromatic carbocycles. The van der Waals surface area contributed by atoms with Crippen molar-refractivity contribution in [2.45, 2.75) is 19.8 Å². The highest BCUT2D eigenvalue weighted by molar-refractivity contribution is 6.52. The lowest BCUT2D eigenvalue weighted by atomic mass is 10.1. The first-order valence-corrected chi connectivity index (χ1v) is 6.49. The van der Waals surface area contributed by atoms with Crippen LogP contribution in [0, 0.1) is 11.6 Å². The van der Waals surface area contributed by atoms with Gasteiger partial charge < -0.3 is 9.64 Å². The van der Waals surface area contributed by atoms with Gasteiger partial charge in [-0.15, -0.1) is 0 Å². The highest BCUT2D eigenvalue weighted by Gasteiger charge is 2.38.